The van der Waals surface area contributed by atoms with Gasteiger partial charge >= 0.3 is 18.5 Å². The van der Waals surface area contributed by atoms with Crippen LogP contribution in [0.5, 0.6) is 0 Å². The molecule has 0 saturated carbocycles. The number of carbonyl (C=O) groups is 1. The van der Waals surface area contributed by atoms with E-state index >= 15 is 0 Å². The number of carbonyl (C=O) groups excluding carboxylic acids is 1. The summed E-state index contributed by atoms with van der Waals surface area (Å²) in [6.45, 7) is 1.32. The molecule has 0 aliphatic carbocycles. The SMILES string of the molecule is CC(CSCC(F)(F)F)NC(=O)c1ccc(/C=C/C(c2cc(Cl)c(Cl)c(Cl)c2)C(F)(F)F)cc1C(F)(F)F. The lowest BCUT2D eigenvalue weighted by Gasteiger charge is -2.19. The third-order valence-corrected chi connectivity index (χ3v) is 7.27. The number of rotatable bonds is 8. The summed E-state index contributed by atoms with van der Waals surface area (Å²) < 4.78 is 119. The molecule has 38 heavy (non-hydrogen) atoms. The predicted molar refractivity (Wildman–Crippen MR) is 131 cm³/mol. The Morgan fingerprint density at radius 1 is 0.974 bits per heavy atom. The van der Waals surface area contributed by atoms with Crippen molar-refractivity contribution < 1.29 is 44.3 Å². The van der Waals surface area contributed by atoms with Gasteiger partial charge in [0.2, 0.25) is 0 Å². The summed E-state index contributed by atoms with van der Waals surface area (Å²) in [5, 5.41) is 1.52. The molecule has 2 unspecified atom stereocenters. The van der Waals surface area contributed by atoms with Crippen LogP contribution in [0.2, 0.25) is 15.1 Å². The van der Waals surface area contributed by atoms with Crippen LogP contribution in [-0.4, -0.2) is 35.8 Å². The molecule has 2 atom stereocenters. The second-order valence-electron chi connectivity index (χ2n) is 7.98. The number of benzene rings is 2. The zero-order valence-electron chi connectivity index (χ0n) is 19.0. The number of hydrogen-bond donors (Lipinski definition) is 1. The molecular formula is C23H17Cl3F9NOS. The van der Waals surface area contributed by atoms with E-state index in [1.165, 1.54) is 6.92 Å². The third-order valence-electron chi connectivity index (χ3n) is 4.80. The van der Waals surface area contributed by atoms with Gasteiger partial charge in [-0.3, -0.25) is 4.79 Å². The first kappa shape index (κ1) is 32.5. The van der Waals surface area contributed by atoms with Crippen molar-refractivity contribution in [3.8, 4) is 0 Å². The first-order valence-corrected chi connectivity index (χ1v) is 12.6. The summed E-state index contributed by atoms with van der Waals surface area (Å²) >= 11 is 17.8. The molecule has 210 valence electrons. The van der Waals surface area contributed by atoms with Crippen molar-refractivity contribution >= 4 is 58.5 Å². The number of hydrogen-bond acceptors (Lipinski definition) is 2. The summed E-state index contributed by atoms with van der Waals surface area (Å²) in [4.78, 5) is 12.4. The van der Waals surface area contributed by atoms with Crippen molar-refractivity contribution in [1.29, 1.82) is 0 Å². The van der Waals surface area contributed by atoms with Crippen LogP contribution in [-0.2, 0) is 6.18 Å². The van der Waals surface area contributed by atoms with Gasteiger partial charge in [0, 0.05) is 11.8 Å². The fourth-order valence-electron chi connectivity index (χ4n) is 3.16. The first-order chi connectivity index (χ1) is 17.3. The largest absolute Gasteiger partial charge is 0.417 e. The Balaban J connectivity index is 2.34. The van der Waals surface area contributed by atoms with Gasteiger partial charge in [-0.1, -0.05) is 53.0 Å². The van der Waals surface area contributed by atoms with E-state index in [2.05, 4.69) is 5.32 Å². The van der Waals surface area contributed by atoms with Gasteiger partial charge in [0.05, 0.1) is 37.9 Å². The van der Waals surface area contributed by atoms with Gasteiger partial charge < -0.3 is 5.32 Å². The summed E-state index contributed by atoms with van der Waals surface area (Å²) in [5.74, 6) is -4.92. The normalized spacial score (nSPS) is 14.6. The van der Waals surface area contributed by atoms with E-state index in [0.717, 1.165) is 30.3 Å². The van der Waals surface area contributed by atoms with Gasteiger partial charge in [-0.2, -0.15) is 51.3 Å². The standard InChI is InChI=1S/C23H17Cl3F9NOS/c1-11(9-38-10-21(27,28)29)36-20(37)14-4-2-12(6-16(14)23(33,34)35)3-5-15(22(30,31)32)13-7-17(24)19(26)18(25)8-13/h2-8,11,15H,9-10H2,1H3,(H,36,37)/b5-3+. The van der Waals surface area contributed by atoms with E-state index < -0.39 is 58.8 Å². The Bertz CT molecular complexity index is 1160. The quantitative estimate of drug-likeness (QED) is 0.232. The molecule has 2 aromatic carbocycles. The van der Waals surface area contributed by atoms with E-state index in [-0.39, 0.29) is 26.4 Å². The van der Waals surface area contributed by atoms with Crippen LogP contribution in [0.4, 0.5) is 39.5 Å². The molecule has 15 heteroatoms. The lowest BCUT2D eigenvalue weighted by atomic mass is 9.96. The molecule has 2 aromatic rings. The molecule has 0 aliphatic rings. The fraction of sp³-hybridized carbons (Fsp3) is 0.348. The van der Waals surface area contributed by atoms with Crippen LogP contribution in [0.1, 0.15) is 39.9 Å². The third kappa shape index (κ3) is 9.46. The van der Waals surface area contributed by atoms with Crippen LogP contribution in [0.15, 0.2) is 36.4 Å². The second kappa shape index (κ2) is 12.6. The monoisotopic (exact) mass is 631 g/mol. The number of alkyl halides is 9. The van der Waals surface area contributed by atoms with Gasteiger partial charge in [-0.05, 0) is 42.3 Å². The summed E-state index contributed by atoms with van der Waals surface area (Å²) in [5.41, 5.74) is -2.99. The molecule has 0 fully saturated rings. The zero-order chi connectivity index (χ0) is 29.1. The molecule has 0 radical (unpaired) electrons. The Hall–Kier alpha value is -1.76. The van der Waals surface area contributed by atoms with Gasteiger partial charge in [0.1, 0.15) is 0 Å². The minimum atomic E-state index is -5.06. The highest BCUT2D eigenvalue weighted by Gasteiger charge is 2.40. The van der Waals surface area contributed by atoms with Crippen LogP contribution < -0.4 is 5.32 Å². The van der Waals surface area contributed by atoms with Crippen LogP contribution in [0.3, 0.4) is 0 Å². The molecule has 1 amide bonds. The van der Waals surface area contributed by atoms with Gasteiger partial charge in [0.25, 0.3) is 5.91 Å². The number of thioether (sulfide) groups is 1. The van der Waals surface area contributed by atoms with Gasteiger partial charge in [-0.15, -0.1) is 0 Å². The van der Waals surface area contributed by atoms with Crippen LogP contribution in [0, 0.1) is 0 Å². The molecule has 0 aliphatic heterocycles. The van der Waals surface area contributed by atoms with Crippen molar-refractivity contribution in [1.82, 2.24) is 5.32 Å². The van der Waals surface area contributed by atoms with Gasteiger partial charge in [-0.25, -0.2) is 0 Å². The average molecular weight is 633 g/mol. The molecule has 0 bridgehead atoms. The van der Waals surface area contributed by atoms with E-state index in [4.69, 9.17) is 34.8 Å². The zero-order valence-corrected chi connectivity index (χ0v) is 22.0. The number of amides is 1. The number of nitrogens with one attached hydrogen (secondary N) is 1. The maximum absolute atomic E-state index is 13.7. The van der Waals surface area contributed by atoms with Crippen LogP contribution >= 0.6 is 46.6 Å². The highest BCUT2D eigenvalue weighted by atomic mass is 35.5. The van der Waals surface area contributed by atoms with Crippen molar-refractivity contribution in [3.05, 3.63) is 73.7 Å². The van der Waals surface area contributed by atoms with Crippen LogP contribution in [0.25, 0.3) is 6.08 Å². The summed E-state index contributed by atoms with van der Waals surface area (Å²) in [7, 11) is 0. The molecule has 0 saturated heterocycles. The van der Waals surface area contributed by atoms with Gasteiger partial charge in [0.15, 0.2) is 0 Å². The van der Waals surface area contributed by atoms with Crippen molar-refractivity contribution in [3.63, 3.8) is 0 Å². The predicted octanol–water partition coefficient (Wildman–Crippen LogP) is 9.44. The van der Waals surface area contributed by atoms with Crippen molar-refractivity contribution in [2.24, 2.45) is 0 Å². The number of halogens is 12. The summed E-state index contributed by atoms with van der Waals surface area (Å²) in [6, 6.07) is 3.22. The highest BCUT2D eigenvalue weighted by molar-refractivity contribution is 7.99. The molecule has 1 N–H and O–H groups in total. The van der Waals surface area contributed by atoms with Crippen molar-refractivity contribution in [2.75, 3.05) is 11.5 Å². The average Bonchev–Trinajstić information content (AvgIpc) is 2.74. The fourth-order valence-corrected chi connectivity index (χ4v) is 4.56. The lowest BCUT2D eigenvalue weighted by molar-refractivity contribution is -0.139. The highest BCUT2D eigenvalue weighted by Crippen LogP contribution is 2.41. The molecule has 2 nitrogen and oxygen atoms in total. The maximum atomic E-state index is 13.7. The topological polar surface area (TPSA) is 29.1 Å². The Morgan fingerprint density at radius 2 is 1.55 bits per heavy atom. The maximum Gasteiger partial charge on any atom is 0.417 e. The Kier molecular flexibility index (Phi) is 10.8. The van der Waals surface area contributed by atoms with Crippen molar-refractivity contribution in [2.45, 2.75) is 37.4 Å². The first-order valence-electron chi connectivity index (χ1n) is 10.4. The van der Waals surface area contributed by atoms with E-state index in [1.54, 1.807) is 0 Å². The minimum absolute atomic E-state index is 0.168. The van der Waals surface area contributed by atoms with E-state index in [9.17, 15) is 44.3 Å². The smallest absolute Gasteiger partial charge is 0.349 e. The molecule has 2 rings (SSSR count). The molecule has 0 aromatic heterocycles. The Morgan fingerprint density at radius 3 is 2.05 bits per heavy atom. The Labute approximate surface area is 230 Å². The van der Waals surface area contributed by atoms with E-state index in [1.807, 2.05) is 0 Å². The molecule has 0 spiro atoms. The number of allylic oxidation sites excluding steroid dienone is 1. The minimum Gasteiger partial charge on any atom is -0.349 e. The summed E-state index contributed by atoms with van der Waals surface area (Å²) in [6.07, 6.45) is -13.0. The molecular weight excluding hydrogens is 616 g/mol. The second-order valence-corrected chi connectivity index (χ2v) is 10.2. The lowest BCUT2D eigenvalue weighted by Crippen LogP contribution is -2.35. The molecule has 0 heterocycles. The van der Waals surface area contributed by atoms with E-state index in [0.29, 0.717) is 23.9 Å².